The van der Waals surface area contributed by atoms with E-state index in [0.717, 1.165) is 6.07 Å². The summed E-state index contributed by atoms with van der Waals surface area (Å²) in [6.07, 6.45) is 0.324. The van der Waals surface area contributed by atoms with Crippen molar-refractivity contribution >= 4 is 12.7 Å². The van der Waals surface area contributed by atoms with Gasteiger partial charge in [0.15, 0.2) is 18.8 Å². The largest absolute Gasteiger partial charge is 0.232 e. The topological polar surface area (TPSA) is 0 Å². The Bertz CT molecular complexity index is 647. The number of hydrogen-bond donors (Lipinski definition) is 0. The van der Waals surface area contributed by atoms with Gasteiger partial charge in [-0.1, -0.05) is 6.07 Å². The van der Waals surface area contributed by atoms with Crippen molar-refractivity contribution in [2.75, 3.05) is 0 Å². The van der Waals surface area contributed by atoms with Gasteiger partial charge in [0.1, 0.15) is 23.3 Å². The lowest BCUT2D eigenvalue weighted by Gasteiger charge is -2.24. The third-order valence-corrected chi connectivity index (χ3v) is 3.44. The van der Waals surface area contributed by atoms with Crippen molar-refractivity contribution in [3.63, 3.8) is 0 Å². The third-order valence-electron chi connectivity index (χ3n) is 3.44. The van der Waals surface area contributed by atoms with E-state index in [-0.39, 0.29) is 11.0 Å². The van der Waals surface area contributed by atoms with Gasteiger partial charge in [0.2, 0.25) is 0 Å². The Kier molecular flexibility index (Phi) is 3.95. The van der Waals surface area contributed by atoms with Crippen LogP contribution in [0.4, 0.5) is 26.3 Å². The molecule has 1 aliphatic carbocycles. The van der Waals surface area contributed by atoms with Crippen LogP contribution < -0.4 is 5.46 Å². The molecule has 0 amide bonds. The molecule has 2 rings (SSSR count). The molecule has 0 saturated heterocycles. The van der Waals surface area contributed by atoms with Crippen LogP contribution in [0.15, 0.2) is 35.7 Å². The molecule has 0 spiro atoms. The summed E-state index contributed by atoms with van der Waals surface area (Å²) in [6, 6.07) is 1.68. The van der Waals surface area contributed by atoms with Gasteiger partial charge in [0, 0.05) is 11.9 Å². The summed E-state index contributed by atoms with van der Waals surface area (Å²) >= 11 is 0. The Morgan fingerprint density at radius 3 is 2.29 bits per heavy atom. The lowest BCUT2D eigenvalue weighted by atomic mass is 9.56. The number of benzene rings is 1. The van der Waals surface area contributed by atoms with E-state index in [1.165, 1.54) is 6.92 Å². The summed E-state index contributed by atoms with van der Waals surface area (Å²) in [5, 5.41) is 0. The Morgan fingerprint density at radius 2 is 1.67 bits per heavy atom. The molecule has 2 atom stereocenters. The molecule has 1 aliphatic rings. The highest BCUT2D eigenvalue weighted by Gasteiger charge is 2.41. The number of aryl methyl sites for hydroxylation is 1. The summed E-state index contributed by atoms with van der Waals surface area (Å²) < 4.78 is 81.3. The molecule has 7 heteroatoms. The molecule has 21 heavy (non-hydrogen) atoms. The molecular weight excluding hydrogens is 293 g/mol. The molecule has 0 nitrogen and oxygen atoms in total. The maximum Gasteiger partial charge on any atom is 0.182 e. The van der Waals surface area contributed by atoms with Crippen molar-refractivity contribution in [1.29, 1.82) is 0 Å². The molecule has 112 valence electrons. The molecule has 2 unspecified atom stereocenters. The van der Waals surface area contributed by atoms with Gasteiger partial charge in [0.25, 0.3) is 0 Å². The second kappa shape index (κ2) is 5.28. The standard InChI is InChI=1S/C14H11BF6/c1-6-3-7(9(17)4-8(6)16)15-11-10(18)5-14(2,21)13(20)12(11)19/h3-5,11,15H,1-2H3. The predicted molar refractivity (Wildman–Crippen MR) is 69.6 cm³/mol. The van der Waals surface area contributed by atoms with Crippen molar-refractivity contribution < 1.29 is 26.3 Å². The smallest absolute Gasteiger partial charge is 0.182 e. The van der Waals surface area contributed by atoms with Crippen molar-refractivity contribution in [3.05, 3.63) is 52.9 Å². The Morgan fingerprint density at radius 1 is 1.05 bits per heavy atom. The fourth-order valence-corrected chi connectivity index (χ4v) is 2.21. The highest BCUT2D eigenvalue weighted by Crippen LogP contribution is 2.43. The first-order chi connectivity index (χ1) is 9.63. The third kappa shape index (κ3) is 2.87. The van der Waals surface area contributed by atoms with E-state index < -0.39 is 47.9 Å². The Balaban J connectivity index is 2.39. The first-order valence-electron chi connectivity index (χ1n) is 6.21. The Hall–Kier alpha value is -1.66. The molecule has 0 saturated carbocycles. The average molecular weight is 304 g/mol. The second-order valence-electron chi connectivity index (χ2n) is 5.22. The quantitative estimate of drug-likeness (QED) is 0.575. The lowest BCUT2D eigenvalue weighted by molar-refractivity contribution is 0.233. The predicted octanol–water partition coefficient (Wildman–Crippen LogP) is 3.87. The average Bonchev–Trinajstić information content (AvgIpc) is 2.37. The number of halogens is 6. The van der Waals surface area contributed by atoms with Crippen LogP contribution in [-0.4, -0.2) is 12.9 Å². The van der Waals surface area contributed by atoms with Crippen LogP contribution in [0.25, 0.3) is 0 Å². The number of alkyl halides is 1. The van der Waals surface area contributed by atoms with E-state index in [1.54, 1.807) is 0 Å². The van der Waals surface area contributed by atoms with E-state index in [1.807, 2.05) is 0 Å². The summed E-state index contributed by atoms with van der Waals surface area (Å²) in [4.78, 5) is 0. The zero-order chi connectivity index (χ0) is 15.9. The maximum absolute atomic E-state index is 13.8. The van der Waals surface area contributed by atoms with Crippen molar-refractivity contribution in [1.82, 2.24) is 0 Å². The van der Waals surface area contributed by atoms with Crippen LogP contribution in [0.3, 0.4) is 0 Å². The minimum absolute atomic E-state index is 0.0896. The van der Waals surface area contributed by atoms with E-state index in [0.29, 0.717) is 19.1 Å². The number of hydrogen-bond acceptors (Lipinski definition) is 0. The first-order valence-corrected chi connectivity index (χ1v) is 6.21. The van der Waals surface area contributed by atoms with Crippen LogP contribution in [0.5, 0.6) is 0 Å². The van der Waals surface area contributed by atoms with Gasteiger partial charge in [-0.15, -0.1) is 0 Å². The van der Waals surface area contributed by atoms with Gasteiger partial charge in [0.05, 0.1) is 0 Å². The van der Waals surface area contributed by atoms with E-state index in [2.05, 4.69) is 0 Å². The van der Waals surface area contributed by atoms with Gasteiger partial charge in [-0.2, -0.15) is 0 Å². The molecular formula is C14H11BF6. The van der Waals surface area contributed by atoms with Crippen LogP contribution >= 0.6 is 0 Å². The van der Waals surface area contributed by atoms with Gasteiger partial charge >= 0.3 is 0 Å². The normalized spacial score (nSPS) is 25.9. The molecule has 0 fully saturated rings. The fourth-order valence-electron chi connectivity index (χ4n) is 2.21. The summed E-state index contributed by atoms with van der Waals surface area (Å²) in [6.45, 7) is 2.04. The maximum atomic E-state index is 13.8. The highest BCUT2D eigenvalue weighted by molar-refractivity contribution is 6.56. The highest BCUT2D eigenvalue weighted by atomic mass is 19.2. The molecule has 0 N–H and O–H groups in total. The minimum Gasteiger partial charge on any atom is -0.232 e. The monoisotopic (exact) mass is 304 g/mol. The fraction of sp³-hybridized carbons (Fsp3) is 0.286. The van der Waals surface area contributed by atoms with Gasteiger partial charge in [-0.25, -0.2) is 26.3 Å². The SMILES string of the molecule is Cc1cc(BC2C(F)=CC(C)(F)C(F)=C2F)c(F)cc1F. The van der Waals surface area contributed by atoms with Gasteiger partial charge in [-0.05, 0) is 30.9 Å². The van der Waals surface area contributed by atoms with Crippen LogP contribution in [0.1, 0.15) is 12.5 Å². The number of allylic oxidation sites excluding steroid dienone is 4. The molecule has 1 aromatic carbocycles. The molecule has 0 bridgehead atoms. The minimum atomic E-state index is -2.86. The lowest BCUT2D eigenvalue weighted by Crippen LogP contribution is -2.30. The van der Waals surface area contributed by atoms with Crippen molar-refractivity contribution in [3.8, 4) is 0 Å². The zero-order valence-corrected chi connectivity index (χ0v) is 11.3. The van der Waals surface area contributed by atoms with Gasteiger partial charge < -0.3 is 0 Å². The van der Waals surface area contributed by atoms with E-state index in [9.17, 15) is 26.3 Å². The second-order valence-corrected chi connectivity index (χ2v) is 5.22. The molecule has 0 aliphatic heterocycles. The number of rotatable bonds is 2. The van der Waals surface area contributed by atoms with Crippen LogP contribution in [0, 0.1) is 18.6 Å². The van der Waals surface area contributed by atoms with E-state index >= 15 is 0 Å². The molecule has 1 aromatic rings. The summed E-state index contributed by atoms with van der Waals surface area (Å²) in [7, 11) is -0.565. The molecule has 0 heterocycles. The van der Waals surface area contributed by atoms with Crippen LogP contribution in [0.2, 0.25) is 5.82 Å². The van der Waals surface area contributed by atoms with Gasteiger partial charge in [-0.3, -0.25) is 0 Å². The molecule has 0 aromatic heterocycles. The van der Waals surface area contributed by atoms with Crippen molar-refractivity contribution in [2.45, 2.75) is 25.3 Å². The van der Waals surface area contributed by atoms with Crippen molar-refractivity contribution in [2.24, 2.45) is 0 Å². The first kappa shape index (κ1) is 15.7. The van der Waals surface area contributed by atoms with E-state index in [4.69, 9.17) is 0 Å². The Labute approximate surface area is 118 Å². The molecule has 0 radical (unpaired) electrons. The summed E-state index contributed by atoms with van der Waals surface area (Å²) in [5.74, 6) is -8.09. The summed E-state index contributed by atoms with van der Waals surface area (Å²) in [5.41, 5.74) is -2.94. The zero-order valence-electron chi connectivity index (χ0n) is 11.3. The van der Waals surface area contributed by atoms with Crippen LogP contribution in [-0.2, 0) is 0 Å².